The quantitative estimate of drug-likeness (QED) is 0.804. The number of benzene rings is 2. The van der Waals surface area contributed by atoms with Crippen molar-refractivity contribution in [2.45, 2.75) is 32.4 Å². The largest absolute Gasteiger partial charge is 0.493 e. The van der Waals surface area contributed by atoms with Gasteiger partial charge in [0.25, 0.3) is 0 Å². The summed E-state index contributed by atoms with van der Waals surface area (Å²) in [6.45, 7) is 2.99. The van der Waals surface area contributed by atoms with E-state index in [1.807, 2.05) is 12.1 Å². The van der Waals surface area contributed by atoms with E-state index in [1.54, 1.807) is 14.2 Å². The van der Waals surface area contributed by atoms with E-state index in [-0.39, 0.29) is 0 Å². The lowest BCUT2D eigenvalue weighted by atomic mass is 10.1. The monoisotopic (exact) mass is 299 g/mol. The first-order chi connectivity index (χ1) is 10.7. The van der Waals surface area contributed by atoms with Crippen molar-refractivity contribution in [1.82, 2.24) is 5.32 Å². The Balaban J connectivity index is 1.87. The Hall–Kier alpha value is -2.00. The van der Waals surface area contributed by atoms with Gasteiger partial charge in [-0.3, -0.25) is 0 Å². The SMILES string of the molecule is COc1cccc(CN[C@H](C)CCc2ccccc2)c1OC. The summed E-state index contributed by atoms with van der Waals surface area (Å²) in [6, 6.07) is 17.0. The van der Waals surface area contributed by atoms with Crippen LogP contribution in [0.1, 0.15) is 24.5 Å². The van der Waals surface area contributed by atoms with E-state index in [4.69, 9.17) is 9.47 Å². The lowest BCUT2D eigenvalue weighted by Gasteiger charge is -2.17. The predicted octanol–water partition coefficient (Wildman–Crippen LogP) is 3.81. The van der Waals surface area contributed by atoms with E-state index in [9.17, 15) is 0 Å². The number of aryl methyl sites for hydroxylation is 1. The summed E-state index contributed by atoms with van der Waals surface area (Å²) < 4.78 is 10.8. The summed E-state index contributed by atoms with van der Waals surface area (Å²) in [6.07, 6.45) is 2.19. The van der Waals surface area contributed by atoms with Crippen molar-refractivity contribution in [2.75, 3.05) is 14.2 Å². The van der Waals surface area contributed by atoms with E-state index in [0.717, 1.165) is 36.4 Å². The third-order valence-corrected chi connectivity index (χ3v) is 3.83. The Bertz CT molecular complexity index is 569. The summed E-state index contributed by atoms with van der Waals surface area (Å²) in [4.78, 5) is 0. The normalized spacial score (nSPS) is 12.0. The van der Waals surface area contributed by atoms with Crippen LogP contribution < -0.4 is 14.8 Å². The van der Waals surface area contributed by atoms with Crippen LogP contribution in [0.15, 0.2) is 48.5 Å². The van der Waals surface area contributed by atoms with Gasteiger partial charge < -0.3 is 14.8 Å². The van der Waals surface area contributed by atoms with Gasteiger partial charge in [0.1, 0.15) is 0 Å². The van der Waals surface area contributed by atoms with Crippen LogP contribution in [-0.4, -0.2) is 20.3 Å². The summed E-state index contributed by atoms with van der Waals surface area (Å²) in [5.41, 5.74) is 2.50. The summed E-state index contributed by atoms with van der Waals surface area (Å²) in [5, 5.41) is 3.56. The zero-order chi connectivity index (χ0) is 15.8. The molecular weight excluding hydrogens is 274 g/mol. The molecule has 2 aromatic rings. The molecule has 0 radical (unpaired) electrons. The maximum atomic E-state index is 5.46. The van der Waals surface area contributed by atoms with Gasteiger partial charge in [-0.05, 0) is 31.4 Å². The van der Waals surface area contributed by atoms with E-state index in [1.165, 1.54) is 5.56 Å². The Labute approximate surface area is 133 Å². The smallest absolute Gasteiger partial charge is 0.165 e. The minimum absolute atomic E-state index is 0.441. The first-order valence-electron chi connectivity index (χ1n) is 7.71. The van der Waals surface area contributed by atoms with Crippen LogP contribution in [0.4, 0.5) is 0 Å². The average molecular weight is 299 g/mol. The van der Waals surface area contributed by atoms with E-state index >= 15 is 0 Å². The van der Waals surface area contributed by atoms with Gasteiger partial charge in [-0.2, -0.15) is 0 Å². The molecule has 2 rings (SSSR count). The average Bonchev–Trinajstić information content (AvgIpc) is 2.58. The minimum atomic E-state index is 0.441. The van der Waals surface area contributed by atoms with Crippen molar-refractivity contribution in [3.8, 4) is 11.5 Å². The van der Waals surface area contributed by atoms with Crippen LogP contribution >= 0.6 is 0 Å². The fourth-order valence-corrected chi connectivity index (χ4v) is 2.51. The van der Waals surface area contributed by atoms with Crippen molar-refractivity contribution in [3.05, 3.63) is 59.7 Å². The molecule has 1 N–H and O–H groups in total. The standard InChI is InChI=1S/C19H25NO2/c1-15(12-13-16-8-5-4-6-9-16)20-14-17-10-7-11-18(21-2)19(17)22-3/h4-11,15,20H,12-14H2,1-3H3/t15-/m1/s1. The molecule has 3 nitrogen and oxygen atoms in total. The van der Waals surface area contributed by atoms with Gasteiger partial charge in [-0.1, -0.05) is 42.5 Å². The maximum Gasteiger partial charge on any atom is 0.165 e. The van der Waals surface area contributed by atoms with Crippen LogP contribution in [0.25, 0.3) is 0 Å². The second-order valence-electron chi connectivity index (χ2n) is 5.46. The molecule has 0 saturated heterocycles. The highest BCUT2D eigenvalue weighted by Crippen LogP contribution is 2.30. The number of rotatable bonds is 8. The summed E-state index contributed by atoms with van der Waals surface area (Å²) in [5.74, 6) is 1.59. The number of para-hydroxylation sites is 1. The minimum Gasteiger partial charge on any atom is -0.493 e. The number of nitrogens with one attached hydrogen (secondary N) is 1. The van der Waals surface area contributed by atoms with Gasteiger partial charge in [0.05, 0.1) is 14.2 Å². The molecule has 22 heavy (non-hydrogen) atoms. The van der Waals surface area contributed by atoms with E-state index in [2.05, 4.69) is 48.6 Å². The Morgan fingerprint density at radius 3 is 2.41 bits per heavy atom. The highest BCUT2D eigenvalue weighted by Gasteiger charge is 2.10. The molecule has 1 atom stereocenters. The Morgan fingerprint density at radius 2 is 1.73 bits per heavy atom. The zero-order valence-corrected chi connectivity index (χ0v) is 13.6. The van der Waals surface area contributed by atoms with Crippen LogP contribution in [-0.2, 0) is 13.0 Å². The molecule has 0 amide bonds. The topological polar surface area (TPSA) is 30.5 Å². The van der Waals surface area contributed by atoms with Crippen LogP contribution in [0, 0.1) is 0 Å². The van der Waals surface area contributed by atoms with Crippen molar-refractivity contribution in [1.29, 1.82) is 0 Å². The van der Waals surface area contributed by atoms with E-state index < -0.39 is 0 Å². The molecular formula is C19H25NO2. The highest BCUT2D eigenvalue weighted by atomic mass is 16.5. The Morgan fingerprint density at radius 1 is 0.955 bits per heavy atom. The second kappa shape index (κ2) is 8.44. The number of hydrogen-bond donors (Lipinski definition) is 1. The summed E-state index contributed by atoms with van der Waals surface area (Å²) in [7, 11) is 3.34. The van der Waals surface area contributed by atoms with Crippen molar-refractivity contribution < 1.29 is 9.47 Å². The molecule has 3 heteroatoms. The molecule has 118 valence electrons. The molecule has 0 spiro atoms. The molecule has 0 aliphatic rings. The molecule has 2 aromatic carbocycles. The fourth-order valence-electron chi connectivity index (χ4n) is 2.51. The molecule has 0 aromatic heterocycles. The predicted molar refractivity (Wildman–Crippen MR) is 90.6 cm³/mol. The second-order valence-corrected chi connectivity index (χ2v) is 5.46. The third kappa shape index (κ3) is 4.50. The maximum absolute atomic E-state index is 5.46. The molecule has 0 bridgehead atoms. The van der Waals surface area contributed by atoms with Crippen LogP contribution in [0.3, 0.4) is 0 Å². The van der Waals surface area contributed by atoms with Gasteiger partial charge in [-0.15, -0.1) is 0 Å². The van der Waals surface area contributed by atoms with E-state index in [0.29, 0.717) is 6.04 Å². The van der Waals surface area contributed by atoms with Crippen molar-refractivity contribution in [3.63, 3.8) is 0 Å². The van der Waals surface area contributed by atoms with Gasteiger partial charge >= 0.3 is 0 Å². The molecule has 0 aliphatic carbocycles. The first-order valence-corrected chi connectivity index (χ1v) is 7.71. The van der Waals surface area contributed by atoms with Crippen molar-refractivity contribution >= 4 is 0 Å². The molecule has 0 aliphatic heterocycles. The highest BCUT2D eigenvalue weighted by molar-refractivity contribution is 5.46. The molecule has 0 heterocycles. The summed E-state index contributed by atoms with van der Waals surface area (Å²) >= 11 is 0. The number of ether oxygens (including phenoxy) is 2. The van der Waals surface area contributed by atoms with Gasteiger partial charge in [0.2, 0.25) is 0 Å². The fraction of sp³-hybridized carbons (Fsp3) is 0.368. The first kappa shape index (κ1) is 16.4. The van der Waals surface area contributed by atoms with Crippen LogP contribution in [0.2, 0.25) is 0 Å². The number of methoxy groups -OCH3 is 2. The van der Waals surface area contributed by atoms with Crippen LogP contribution in [0.5, 0.6) is 11.5 Å². The Kier molecular flexibility index (Phi) is 6.28. The zero-order valence-electron chi connectivity index (χ0n) is 13.6. The molecule has 0 saturated carbocycles. The van der Waals surface area contributed by atoms with Gasteiger partial charge in [0.15, 0.2) is 11.5 Å². The third-order valence-electron chi connectivity index (χ3n) is 3.83. The lowest BCUT2D eigenvalue weighted by Crippen LogP contribution is -2.26. The molecule has 0 unspecified atom stereocenters. The lowest BCUT2D eigenvalue weighted by molar-refractivity contribution is 0.349. The number of hydrogen-bond acceptors (Lipinski definition) is 3. The van der Waals surface area contributed by atoms with Gasteiger partial charge in [-0.25, -0.2) is 0 Å². The molecule has 0 fully saturated rings. The van der Waals surface area contributed by atoms with Gasteiger partial charge in [0, 0.05) is 18.2 Å². The van der Waals surface area contributed by atoms with Crippen molar-refractivity contribution in [2.24, 2.45) is 0 Å².